The van der Waals surface area contributed by atoms with Crippen molar-refractivity contribution in [1.82, 2.24) is 9.78 Å². The smallest absolute Gasteiger partial charge is 0.354 e. The molecule has 7 heteroatoms. The molecule has 1 aromatic rings. The molecule has 0 aromatic carbocycles. The lowest BCUT2D eigenvalue weighted by Gasteiger charge is -1.99. The SMILES string of the molecule is Cn1ncc(CS(C)(=O)=O)c1C(=O)O. The third-order valence-electron chi connectivity index (χ3n) is 1.63. The summed E-state index contributed by atoms with van der Waals surface area (Å²) in [5.74, 6) is -1.48. The molecule has 1 N–H and O–H groups in total. The summed E-state index contributed by atoms with van der Waals surface area (Å²) in [5.41, 5.74) is 0.123. The highest BCUT2D eigenvalue weighted by atomic mass is 32.2. The van der Waals surface area contributed by atoms with E-state index in [1.807, 2.05) is 0 Å². The zero-order valence-electron chi connectivity index (χ0n) is 7.76. The Balaban J connectivity index is 3.17. The van der Waals surface area contributed by atoms with Crippen molar-refractivity contribution < 1.29 is 18.3 Å². The van der Waals surface area contributed by atoms with Gasteiger partial charge in [-0.25, -0.2) is 13.2 Å². The van der Waals surface area contributed by atoms with Crippen molar-refractivity contribution in [1.29, 1.82) is 0 Å². The second-order valence-electron chi connectivity index (χ2n) is 3.02. The summed E-state index contributed by atoms with van der Waals surface area (Å²) in [6, 6.07) is 0. The molecular formula is C7H10N2O4S. The fraction of sp³-hybridized carbons (Fsp3) is 0.429. The number of carboxylic acid groups (broad SMARTS) is 1. The van der Waals surface area contributed by atoms with Crippen molar-refractivity contribution in [2.24, 2.45) is 7.05 Å². The van der Waals surface area contributed by atoms with Gasteiger partial charge in [-0.05, 0) is 0 Å². The molecule has 78 valence electrons. The molecule has 0 aliphatic carbocycles. The van der Waals surface area contributed by atoms with E-state index in [4.69, 9.17) is 5.11 Å². The lowest BCUT2D eigenvalue weighted by molar-refractivity contribution is 0.0684. The summed E-state index contributed by atoms with van der Waals surface area (Å²) < 4.78 is 23.1. The quantitative estimate of drug-likeness (QED) is 0.749. The van der Waals surface area contributed by atoms with E-state index in [9.17, 15) is 13.2 Å². The average Bonchev–Trinajstić information content (AvgIpc) is 2.27. The normalized spacial score (nSPS) is 11.6. The highest BCUT2D eigenvalue weighted by molar-refractivity contribution is 7.89. The number of hydrogen-bond donors (Lipinski definition) is 1. The Morgan fingerprint density at radius 2 is 2.21 bits per heavy atom. The fourth-order valence-electron chi connectivity index (χ4n) is 1.15. The van der Waals surface area contributed by atoms with Crippen LogP contribution in [0.5, 0.6) is 0 Å². The molecule has 6 nitrogen and oxygen atoms in total. The standard InChI is InChI=1S/C7H10N2O4S/c1-9-6(7(10)11)5(3-8-9)4-14(2,12)13/h3H,4H2,1-2H3,(H,10,11). The van der Waals surface area contributed by atoms with Gasteiger partial charge in [-0.15, -0.1) is 0 Å². The number of aromatic nitrogens is 2. The van der Waals surface area contributed by atoms with Crippen molar-refractivity contribution >= 4 is 15.8 Å². The Kier molecular flexibility index (Phi) is 2.61. The van der Waals surface area contributed by atoms with Crippen LogP contribution in [0.25, 0.3) is 0 Å². The maximum atomic E-state index is 11.0. The Labute approximate surface area is 81.1 Å². The first-order valence-corrected chi connectivity index (χ1v) is 5.79. The van der Waals surface area contributed by atoms with Crippen LogP contribution in [-0.2, 0) is 22.6 Å². The van der Waals surface area contributed by atoms with E-state index >= 15 is 0 Å². The summed E-state index contributed by atoms with van der Waals surface area (Å²) >= 11 is 0. The third kappa shape index (κ3) is 2.32. The van der Waals surface area contributed by atoms with E-state index in [1.54, 1.807) is 0 Å². The van der Waals surface area contributed by atoms with Gasteiger partial charge >= 0.3 is 5.97 Å². The molecule has 0 radical (unpaired) electrons. The molecule has 0 aliphatic rings. The summed E-state index contributed by atoms with van der Waals surface area (Å²) in [5, 5.41) is 12.5. The molecular weight excluding hydrogens is 208 g/mol. The van der Waals surface area contributed by atoms with Gasteiger partial charge in [-0.3, -0.25) is 4.68 Å². The highest BCUT2D eigenvalue weighted by Gasteiger charge is 2.18. The minimum absolute atomic E-state index is 0.0876. The monoisotopic (exact) mass is 218 g/mol. The molecule has 0 atom stereocenters. The summed E-state index contributed by atoms with van der Waals surface area (Å²) in [4.78, 5) is 10.7. The number of carboxylic acids is 1. The van der Waals surface area contributed by atoms with Gasteiger partial charge < -0.3 is 5.11 Å². The van der Waals surface area contributed by atoms with Crippen LogP contribution >= 0.6 is 0 Å². The van der Waals surface area contributed by atoms with Crippen molar-refractivity contribution in [3.63, 3.8) is 0 Å². The molecule has 0 saturated carbocycles. The molecule has 1 rings (SSSR count). The van der Waals surface area contributed by atoms with Crippen LogP contribution in [0.1, 0.15) is 16.1 Å². The molecule has 0 aliphatic heterocycles. The Morgan fingerprint density at radius 1 is 1.64 bits per heavy atom. The first-order valence-electron chi connectivity index (χ1n) is 3.73. The van der Waals surface area contributed by atoms with Gasteiger partial charge in [-0.2, -0.15) is 5.10 Å². The van der Waals surface area contributed by atoms with Crippen molar-refractivity contribution in [3.8, 4) is 0 Å². The van der Waals surface area contributed by atoms with Crippen molar-refractivity contribution in [2.75, 3.05) is 6.26 Å². The third-order valence-corrected chi connectivity index (χ3v) is 2.47. The van der Waals surface area contributed by atoms with Crippen LogP contribution in [0.3, 0.4) is 0 Å². The van der Waals surface area contributed by atoms with Crippen LogP contribution < -0.4 is 0 Å². The molecule has 0 fully saturated rings. The minimum Gasteiger partial charge on any atom is -0.477 e. The van der Waals surface area contributed by atoms with Gasteiger partial charge in [0.2, 0.25) is 0 Å². The van der Waals surface area contributed by atoms with Gasteiger partial charge in [0.05, 0.1) is 11.9 Å². The van der Waals surface area contributed by atoms with E-state index in [0.717, 1.165) is 10.9 Å². The molecule has 0 saturated heterocycles. The summed E-state index contributed by atoms with van der Waals surface area (Å²) in [7, 11) is -1.78. The van der Waals surface area contributed by atoms with Crippen molar-refractivity contribution in [2.45, 2.75) is 5.75 Å². The second-order valence-corrected chi connectivity index (χ2v) is 5.16. The van der Waals surface area contributed by atoms with Gasteiger partial charge in [0.15, 0.2) is 9.84 Å². The van der Waals surface area contributed by atoms with Crippen LogP contribution in [0.4, 0.5) is 0 Å². The Morgan fingerprint density at radius 3 is 2.64 bits per heavy atom. The maximum absolute atomic E-state index is 11.0. The predicted octanol–water partition coefficient (Wildman–Crippen LogP) is -0.337. The van der Waals surface area contributed by atoms with Gasteiger partial charge in [0.25, 0.3) is 0 Å². The zero-order chi connectivity index (χ0) is 10.9. The van der Waals surface area contributed by atoms with Crippen LogP contribution in [0, 0.1) is 0 Å². The maximum Gasteiger partial charge on any atom is 0.354 e. The van der Waals surface area contributed by atoms with E-state index in [-0.39, 0.29) is 17.0 Å². The topological polar surface area (TPSA) is 89.3 Å². The predicted molar refractivity (Wildman–Crippen MR) is 48.7 cm³/mol. The molecule has 0 spiro atoms. The highest BCUT2D eigenvalue weighted by Crippen LogP contribution is 2.10. The number of sulfone groups is 1. The van der Waals surface area contributed by atoms with Gasteiger partial charge in [0.1, 0.15) is 5.69 Å². The van der Waals surface area contributed by atoms with E-state index in [0.29, 0.717) is 0 Å². The zero-order valence-corrected chi connectivity index (χ0v) is 8.58. The molecule has 14 heavy (non-hydrogen) atoms. The Bertz CT molecular complexity index is 460. The number of aryl methyl sites for hydroxylation is 1. The molecule has 0 amide bonds. The van der Waals surface area contributed by atoms with E-state index in [2.05, 4.69) is 5.10 Å². The van der Waals surface area contributed by atoms with Crippen LogP contribution in [0.2, 0.25) is 0 Å². The van der Waals surface area contributed by atoms with Crippen LogP contribution in [0.15, 0.2) is 6.20 Å². The number of hydrogen-bond acceptors (Lipinski definition) is 4. The average molecular weight is 218 g/mol. The van der Waals surface area contributed by atoms with Crippen LogP contribution in [-0.4, -0.2) is 35.5 Å². The minimum atomic E-state index is -3.24. The summed E-state index contributed by atoms with van der Waals surface area (Å²) in [6.45, 7) is 0. The molecule has 1 heterocycles. The molecule has 0 bridgehead atoms. The number of rotatable bonds is 3. The second kappa shape index (κ2) is 3.41. The van der Waals surface area contributed by atoms with E-state index < -0.39 is 15.8 Å². The number of aromatic carboxylic acids is 1. The van der Waals surface area contributed by atoms with Gasteiger partial charge in [-0.1, -0.05) is 0 Å². The van der Waals surface area contributed by atoms with E-state index in [1.165, 1.54) is 13.2 Å². The first kappa shape index (κ1) is 10.7. The lowest BCUT2D eigenvalue weighted by atomic mass is 10.3. The molecule has 0 unspecified atom stereocenters. The first-order chi connectivity index (χ1) is 6.31. The van der Waals surface area contributed by atoms with Gasteiger partial charge in [0, 0.05) is 18.9 Å². The van der Waals surface area contributed by atoms with Crippen molar-refractivity contribution in [3.05, 3.63) is 17.5 Å². The number of carbonyl (C=O) groups is 1. The largest absolute Gasteiger partial charge is 0.477 e. The lowest BCUT2D eigenvalue weighted by Crippen LogP contribution is -2.10. The summed E-state index contributed by atoms with van der Waals surface area (Å²) in [6.07, 6.45) is 2.30. The fourth-order valence-corrected chi connectivity index (χ4v) is 1.92. The number of nitrogens with zero attached hydrogens (tertiary/aromatic N) is 2. The molecule has 1 aromatic heterocycles. The Hall–Kier alpha value is -1.37.